The maximum absolute atomic E-state index is 13.2. The SMILES string of the molecule is CCCCC(CCOc1ccc(CC(=O)O)cc1C)c1sc2cc(C(F)(F)F)ccc2c1C. The van der Waals surface area contributed by atoms with E-state index < -0.39 is 17.7 Å². The number of carboxylic acid groups (broad SMARTS) is 1. The van der Waals surface area contributed by atoms with Gasteiger partial charge in [0.1, 0.15) is 5.75 Å². The lowest BCUT2D eigenvalue weighted by Gasteiger charge is -2.18. The van der Waals surface area contributed by atoms with Crippen LogP contribution in [0.2, 0.25) is 0 Å². The fourth-order valence-corrected chi connectivity index (χ4v) is 5.56. The maximum atomic E-state index is 13.2. The van der Waals surface area contributed by atoms with Gasteiger partial charge in [0.05, 0.1) is 18.6 Å². The number of carboxylic acids is 1. The molecule has 1 atom stereocenters. The molecule has 1 aromatic heterocycles. The number of aliphatic carboxylic acids is 1. The average molecular weight is 479 g/mol. The number of unbranched alkanes of at least 4 members (excludes halogenated alkanes) is 1. The Labute approximate surface area is 196 Å². The average Bonchev–Trinajstić information content (AvgIpc) is 3.07. The first kappa shape index (κ1) is 25.1. The smallest absolute Gasteiger partial charge is 0.416 e. The zero-order chi connectivity index (χ0) is 24.2. The summed E-state index contributed by atoms with van der Waals surface area (Å²) in [5, 5.41) is 9.84. The van der Waals surface area contributed by atoms with Crippen LogP contribution in [0.15, 0.2) is 36.4 Å². The van der Waals surface area contributed by atoms with Crippen molar-refractivity contribution in [3.63, 3.8) is 0 Å². The Kier molecular flexibility index (Phi) is 8.05. The molecular formula is C26H29F3O3S. The molecule has 3 aromatic rings. The zero-order valence-electron chi connectivity index (χ0n) is 19.1. The third-order valence-electron chi connectivity index (χ3n) is 5.90. The molecule has 2 aromatic carbocycles. The molecule has 0 aliphatic rings. The Bertz CT molecular complexity index is 1120. The minimum atomic E-state index is -4.35. The molecular weight excluding hydrogens is 449 g/mol. The van der Waals surface area contributed by atoms with Crippen LogP contribution in [0.5, 0.6) is 5.75 Å². The summed E-state index contributed by atoms with van der Waals surface area (Å²) < 4.78 is 46.2. The molecule has 0 fully saturated rings. The summed E-state index contributed by atoms with van der Waals surface area (Å²) >= 11 is 1.46. The minimum Gasteiger partial charge on any atom is -0.493 e. The highest BCUT2D eigenvalue weighted by Crippen LogP contribution is 2.41. The number of benzene rings is 2. The molecule has 1 heterocycles. The largest absolute Gasteiger partial charge is 0.493 e. The van der Waals surface area contributed by atoms with Crippen molar-refractivity contribution in [1.29, 1.82) is 0 Å². The molecule has 0 saturated heterocycles. The summed E-state index contributed by atoms with van der Waals surface area (Å²) in [6.45, 7) is 6.49. The molecule has 1 N–H and O–H groups in total. The van der Waals surface area contributed by atoms with Gasteiger partial charge in [0.15, 0.2) is 0 Å². The highest BCUT2D eigenvalue weighted by atomic mass is 32.1. The van der Waals surface area contributed by atoms with Gasteiger partial charge in [0.2, 0.25) is 0 Å². The number of aryl methyl sites for hydroxylation is 2. The number of thiophene rings is 1. The predicted molar refractivity (Wildman–Crippen MR) is 126 cm³/mol. The number of carbonyl (C=O) groups is 1. The van der Waals surface area contributed by atoms with Crippen LogP contribution in [0.1, 0.15) is 65.7 Å². The molecule has 0 bridgehead atoms. The number of hydrogen-bond acceptors (Lipinski definition) is 3. The van der Waals surface area contributed by atoms with E-state index in [9.17, 15) is 18.0 Å². The van der Waals surface area contributed by atoms with Crippen LogP contribution in [-0.4, -0.2) is 17.7 Å². The van der Waals surface area contributed by atoms with Crippen LogP contribution in [0.4, 0.5) is 13.2 Å². The predicted octanol–water partition coefficient (Wildman–Crippen LogP) is 7.91. The Morgan fingerprint density at radius 1 is 1.12 bits per heavy atom. The summed E-state index contributed by atoms with van der Waals surface area (Å²) in [5.74, 6) is 0.0624. The second-order valence-electron chi connectivity index (χ2n) is 8.45. The summed E-state index contributed by atoms with van der Waals surface area (Å²) in [5.41, 5.74) is 2.06. The van der Waals surface area contributed by atoms with E-state index in [1.165, 1.54) is 17.4 Å². The first-order chi connectivity index (χ1) is 15.6. The lowest BCUT2D eigenvalue weighted by Crippen LogP contribution is -2.07. The third-order valence-corrected chi connectivity index (χ3v) is 7.32. The van der Waals surface area contributed by atoms with Gasteiger partial charge in [-0.3, -0.25) is 4.79 Å². The van der Waals surface area contributed by atoms with Crippen molar-refractivity contribution in [2.75, 3.05) is 6.61 Å². The molecule has 3 nitrogen and oxygen atoms in total. The molecule has 178 valence electrons. The van der Waals surface area contributed by atoms with E-state index in [0.717, 1.165) is 64.5 Å². The van der Waals surface area contributed by atoms with Crippen molar-refractivity contribution in [3.8, 4) is 5.75 Å². The molecule has 0 aliphatic heterocycles. The number of fused-ring (bicyclic) bond motifs is 1. The van der Waals surface area contributed by atoms with E-state index >= 15 is 0 Å². The second kappa shape index (κ2) is 10.6. The lowest BCUT2D eigenvalue weighted by molar-refractivity contribution is -0.138. The van der Waals surface area contributed by atoms with Gasteiger partial charge < -0.3 is 9.84 Å². The minimum absolute atomic E-state index is 0.0263. The van der Waals surface area contributed by atoms with E-state index in [1.807, 2.05) is 19.9 Å². The van der Waals surface area contributed by atoms with Crippen LogP contribution in [0.25, 0.3) is 10.1 Å². The fraction of sp³-hybridized carbons (Fsp3) is 0.423. The quantitative estimate of drug-likeness (QED) is 0.322. The van der Waals surface area contributed by atoms with Gasteiger partial charge in [-0.2, -0.15) is 13.2 Å². The van der Waals surface area contributed by atoms with Crippen LogP contribution in [0.3, 0.4) is 0 Å². The lowest BCUT2D eigenvalue weighted by atomic mass is 9.94. The van der Waals surface area contributed by atoms with Crippen molar-refractivity contribution < 1.29 is 27.8 Å². The third kappa shape index (κ3) is 6.28. The van der Waals surface area contributed by atoms with E-state index in [2.05, 4.69) is 6.92 Å². The second-order valence-corrected chi connectivity index (χ2v) is 9.53. The first-order valence-electron chi connectivity index (χ1n) is 11.1. The van der Waals surface area contributed by atoms with Crippen molar-refractivity contribution in [3.05, 3.63) is 63.5 Å². The van der Waals surface area contributed by atoms with Gasteiger partial charge >= 0.3 is 12.1 Å². The van der Waals surface area contributed by atoms with Gasteiger partial charge in [-0.25, -0.2) is 0 Å². The van der Waals surface area contributed by atoms with Crippen LogP contribution >= 0.6 is 11.3 Å². The highest BCUT2D eigenvalue weighted by Gasteiger charge is 2.31. The van der Waals surface area contributed by atoms with Crippen LogP contribution in [0, 0.1) is 13.8 Å². The van der Waals surface area contributed by atoms with Crippen molar-refractivity contribution in [2.45, 2.75) is 65.0 Å². The number of alkyl halides is 3. The standard InChI is InChI=1S/C26H29F3O3S/c1-4-5-6-19(11-12-32-22-10-7-18(13-16(22)2)14-24(30)31)25-17(3)21-9-8-20(26(27,28)29)15-23(21)33-25/h7-10,13,15,19H,4-6,11-12,14H2,1-3H3,(H,30,31). The fourth-order valence-electron chi connectivity index (χ4n) is 4.14. The van der Waals surface area contributed by atoms with E-state index in [-0.39, 0.29) is 12.3 Å². The Hall–Kier alpha value is -2.54. The Balaban J connectivity index is 1.77. The first-order valence-corrected chi connectivity index (χ1v) is 12.0. The highest BCUT2D eigenvalue weighted by molar-refractivity contribution is 7.19. The summed E-state index contributed by atoms with van der Waals surface area (Å²) in [6, 6.07) is 9.39. The molecule has 0 amide bonds. The number of ether oxygens (including phenoxy) is 1. The van der Waals surface area contributed by atoms with Gasteiger partial charge in [0.25, 0.3) is 0 Å². The molecule has 0 radical (unpaired) electrons. The van der Waals surface area contributed by atoms with Crippen molar-refractivity contribution >= 4 is 27.4 Å². The normalized spacial score (nSPS) is 12.8. The summed E-state index contributed by atoms with van der Waals surface area (Å²) in [4.78, 5) is 12.0. The van der Waals surface area contributed by atoms with Crippen molar-refractivity contribution in [2.24, 2.45) is 0 Å². The van der Waals surface area contributed by atoms with Crippen LogP contribution in [-0.2, 0) is 17.4 Å². The Morgan fingerprint density at radius 2 is 1.88 bits per heavy atom. The summed E-state index contributed by atoms with van der Waals surface area (Å²) in [7, 11) is 0. The maximum Gasteiger partial charge on any atom is 0.416 e. The summed E-state index contributed by atoms with van der Waals surface area (Å²) in [6.07, 6.45) is -0.577. The van der Waals surface area contributed by atoms with Gasteiger partial charge in [-0.1, -0.05) is 38.0 Å². The Morgan fingerprint density at radius 3 is 2.52 bits per heavy atom. The van der Waals surface area contributed by atoms with E-state index in [0.29, 0.717) is 11.3 Å². The molecule has 0 spiro atoms. The van der Waals surface area contributed by atoms with Crippen molar-refractivity contribution in [1.82, 2.24) is 0 Å². The topological polar surface area (TPSA) is 46.5 Å². The molecule has 7 heteroatoms. The zero-order valence-corrected chi connectivity index (χ0v) is 19.9. The number of hydrogen-bond donors (Lipinski definition) is 1. The molecule has 3 rings (SSSR count). The van der Waals surface area contributed by atoms with E-state index in [4.69, 9.17) is 9.84 Å². The molecule has 0 aliphatic carbocycles. The van der Waals surface area contributed by atoms with Gasteiger partial charge in [0, 0.05) is 9.58 Å². The van der Waals surface area contributed by atoms with Gasteiger partial charge in [-0.05, 0) is 72.9 Å². The van der Waals surface area contributed by atoms with Crippen LogP contribution < -0.4 is 4.74 Å². The number of halogens is 3. The molecule has 33 heavy (non-hydrogen) atoms. The molecule has 0 saturated carbocycles. The molecule has 1 unspecified atom stereocenters. The monoisotopic (exact) mass is 478 g/mol. The van der Waals surface area contributed by atoms with Gasteiger partial charge in [-0.15, -0.1) is 11.3 Å². The van der Waals surface area contributed by atoms with E-state index in [1.54, 1.807) is 18.2 Å². The number of rotatable bonds is 10.